The van der Waals surface area contributed by atoms with E-state index in [1.807, 2.05) is 38.1 Å². The molecule has 7 heteroatoms. The van der Waals surface area contributed by atoms with Crippen LogP contribution in [0.15, 0.2) is 48.5 Å². The largest absolute Gasteiger partial charge is 0.481 e. The molecule has 0 spiro atoms. The molecule has 0 saturated heterocycles. The fraction of sp³-hybridized carbons (Fsp3) is 0.444. The number of benzene rings is 2. The maximum atomic E-state index is 12.7. The van der Waals surface area contributed by atoms with E-state index in [4.69, 9.17) is 9.84 Å². The number of carboxylic acid groups (broad SMARTS) is 1. The summed E-state index contributed by atoms with van der Waals surface area (Å²) >= 11 is 0. The first kappa shape index (κ1) is 23.8. The first-order valence-corrected chi connectivity index (χ1v) is 11.9. The highest BCUT2D eigenvalue weighted by molar-refractivity contribution is 5.86. The average molecular weight is 465 g/mol. The van der Waals surface area contributed by atoms with Crippen molar-refractivity contribution in [1.82, 2.24) is 10.6 Å². The lowest BCUT2D eigenvalue weighted by molar-refractivity contribution is -0.139. The predicted molar refractivity (Wildman–Crippen MR) is 128 cm³/mol. The minimum absolute atomic E-state index is 0.0400. The molecule has 7 nitrogen and oxygen atoms in total. The molecular formula is C27H32N2O5. The molecule has 0 aromatic heterocycles. The van der Waals surface area contributed by atoms with Crippen molar-refractivity contribution in [1.29, 1.82) is 0 Å². The molecule has 1 atom stereocenters. The third kappa shape index (κ3) is 5.24. The maximum Gasteiger partial charge on any atom is 0.407 e. The Morgan fingerprint density at radius 1 is 0.971 bits per heavy atom. The van der Waals surface area contributed by atoms with Crippen LogP contribution >= 0.6 is 0 Å². The number of alkyl carbamates (subject to hydrolysis) is 1. The number of carbonyl (C=O) groups is 3. The number of carbonyl (C=O) groups excluding carboxylic acids is 2. The van der Waals surface area contributed by atoms with Gasteiger partial charge in [-0.25, -0.2) is 4.79 Å². The molecule has 2 aliphatic rings. The van der Waals surface area contributed by atoms with Gasteiger partial charge in [0.2, 0.25) is 5.91 Å². The van der Waals surface area contributed by atoms with Crippen LogP contribution in [0.2, 0.25) is 0 Å². The van der Waals surface area contributed by atoms with Crippen molar-refractivity contribution in [3.63, 3.8) is 0 Å². The number of fused-ring (bicyclic) bond motifs is 3. The number of aliphatic carboxylic acids is 1. The van der Waals surface area contributed by atoms with Gasteiger partial charge in [0, 0.05) is 18.9 Å². The van der Waals surface area contributed by atoms with Crippen molar-refractivity contribution in [3.8, 4) is 11.1 Å². The summed E-state index contributed by atoms with van der Waals surface area (Å²) in [5, 5.41) is 14.5. The summed E-state index contributed by atoms with van der Waals surface area (Å²) in [5.41, 5.74) is 4.59. The first-order chi connectivity index (χ1) is 16.3. The fourth-order valence-electron chi connectivity index (χ4n) is 5.11. The summed E-state index contributed by atoms with van der Waals surface area (Å²) in [7, 11) is 0. The van der Waals surface area contributed by atoms with E-state index in [2.05, 4.69) is 34.9 Å². The van der Waals surface area contributed by atoms with Gasteiger partial charge in [-0.1, -0.05) is 62.4 Å². The van der Waals surface area contributed by atoms with Crippen LogP contribution in [-0.2, 0) is 14.3 Å². The molecule has 1 fully saturated rings. The quantitative estimate of drug-likeness (QED) is 0.517. The molecule has 180 valence electrons. The molecule has 3 N–H and O–H groups in total. The van der Waals surface area contributed by atoms with E-state index in [1.165, 1.54) is 0 Å². The van der Waals surface area contributed by atoms with Crippen LogP contribution in [-0.4, -0.2) is 42.3 Å². The fourth-order valence-corrected chi connectivity index (χ4v) is 5.11. The van der Waals surface area contributed by atoms with Crippen LogP contribution in [0.4, 0.5) is 4.79 Å². The van der Waals surface area contributed by atoms with E-state index < -0.39 is 18.1 Å². The van der Waals surface area contributed by atoms with Crippen LogP contribution < -0.4 is 10.6 Å². The average Bonchev–Trinajstić information content (AvgIpc) is 3.10. The lowest BCUT2D eigenvalue weighted by Gasteiger charge is -2.35. The Hall–Kier alpha value is -3.35. The molecule has 2 amide bonds. The van der Waals surface area contributed by atoms with Gasteiger partial charge in [-0.05, 0) is 52.8 Å². The summed E-state index contributed by atoms with van der Waals surface area (Å²) in [6, 6.07) is 15.6. The van der Waals surface area contributed by atoms with E-state index in [0.717, 1.165) is 35.1 Å². The molecule has 0 bridgehead atoms. The number of ether oxygens (including phenoxy) is 1. The smallest absolute Gasteiger partial charge is 0.407 e. The normalized spacial score (nSPS) is 19.5. The zero-order valence-corrected chi connectivity index (χ0v) is 19.6. The summed E-state index contributed by atoms with van der Waals surface area (Å²) in [5.74, 6) is -0.692. The highest BCUT2D eigenvalue weighted by Crippen LogP contribution is 2.44. The number of nitrogens with one attached hydrogen (secondary N) is 2. The molecular weight excluding hydrogens is 432 g/mol. The van der Waals surface area contributed by atoms with Gasteiger partial charge in [-0.3, -0.25) is 9.59 Å². The van der Waals surface area contributed by atoms with Crippen LogP contribution in [0.5, 0.6) is 0 Å². The Kier molecular flexibility index (Phi) is 7.20. The van der Waals surface area contributed by atoms with Gasteiger partial charge in [-0.15, -0.1) is 0 Å². The van der Waals surface area contributed by atoms with Gasteiger partial charge in [-0.2, -0.15) is 0 Å². The molecule has 2 aliphatic carbocycles. The van der Waals surface area contributed by atoms with Crippen LogP contribution in [0.3, 0.4) is 0 Å². The van der Waals surface area contributed by atoms with Crippen molar-refractivity contribution in [3.05, 3.63) is 59.7 Å². The second kappa shape index (κ2) is 10.3. The molecule has 4 rings (SSSR count). The monoisotopic (exact) mass is 464 g/mol. The zero-order chi connectivity index (χ0) is 24.2. The number of rotatable bonds is 9. The Morgan fingerprint density at radius 3 is 2.12 bits per heavy atom. The minimum atomic E-state index is -0.778. The highest BCUT2D eigenvalue weighted by atomic mass is 16.5. The Balaban J connectivity index is 1.29. The van der Waals surface area contributed by atoms with Crippen molar-refractivity contribution in [2.75, 3.05) is 13.2 Å². The summed E-state index contributed by atoms with van der Waals surface area (Å²) in [6.07, 6.45) is 1.18. The number of amides is 2. The van der Waals surface area contributed by atoms with Crippen molar-refractivity contribution >= 4 is 18.0 Å². The first-order valence-electron chi connectivity index (χ1n) is 11.9. The lowest BCUT2D eigenvalue weighted by atomic mass is 9.73. The topological polar surface area (TPSA) is 105 Å². The van der Waals surface area contributed by atoms with Crippen LogP contribution in [0.25, 0.3) is 11.1 Å². The third-order valence-electron chi connectivity index (χ3n) is 6.93. The number of hydrogen-bond donors (Lipinski definition) is 3. The zero-order valence-electron chi connectivity index (χ0n) is 19.6. The van der Waals surface area contributed by atoms with E-state index in [1.54, 1.807) is 0 Å². The second-order valence-electron chi connectivity index (χ2n) is 9.74. The van der Waals surface area contributed by atoms with Gasteiger partial charge in [0.1, 0.15) is 12.6 Å². The van der Waals surface area contributed by atoms with Gasteiger partial charge in [0.05, 0.1) is 0 Å². The molecule has 1 saturated carbocycles. The van der Waals surface area contributed by atoms with E-state index >= 15 is 0 Å². The Morgan fingerprint density at radius 2 is 1.56 bits per heavy atom. The van der Waals surface area contributed by atoms with E-state index in [9.17, 15) is 14.4 Å². The predicted octanol–water partition coefficient (Wildman–Crippen LogP) is 4.17. The summed E-state index contributed by atoms with van der Waals surface area (Å²) in [4.78, 5) is 36.1. The third-order valence-corrected chi connectivity index (χ3v) is 6.93. The number of hydrogen-bond acceptors (Lipinski definition) is 4. The van der Waals surface area contributed by atoms with Crippen LogP contribution in [0.1, 0.15) is 50.2 Å². The maximum absolute atomic E-state index is 12.7. The van der Waals surface area contributed by atoms with Gasteiger partial charge in [0.25, 0.3) is 0 Å². The Bertz CT molecular complexity index is 1010. The number of carboxylic acids is 1. The van der Waals surface area contributed by atoms with E-state index in [-0.39, 0.29) is 42.6 Å². The molecule has 0 radical (unpaired) electrons. The van der Waals surface area contributed by atoms with Crippen molar-refractivity contribution < 1.29 is 24.2 Å². The second-order valence-corrected chi connectivity index (χ2v) is 9.74. The molecule has 34 heavy (non-hydrogen) atoms. The SMILES string of the molecule is CC(C)[C@@H](NC(=O)OCC1c2ccccc2-c2ccccc21)C(=O)NCC1CC(CC(=O)O)C1. The van der Waals surface area contributed by atoms with Crippen LogP contribution in [0, 0.1) is 17.8 Å². The molecule has 0 unspecified atom stereocenters. The summed E-state index contributed by atoms with van der Waals surface area (Å²) in [6.45, 7) is 4.43. The standard InChI is InChI=1S/C27H32N2O5/c1-16(2)25(26(32)28-14-18-11-17(12-18)13-24(30)31)29-27(33)34-15-23-21-9-5-3-7-19(21)20-8-4-6-10-22(20)23/h3-10,16-18,23,25H,11-15H2,1-2H3,(H,28,32)(H,29,33)(H,30,31)/t17?,18?,25-/m1/s1. The van der Waals surface area contributed by atoms with Gasteiger partial charge < -0.3 is 20.5 Å². The Labute approximate surface area is 199 Å². The molecule has 0 aliphatic heterocycles. The van der Waals surface area contributed by atoms with Gasteiger partial charge in [0.15, 0.2) is 0 Å². The molecule has 2 aromatic carbocycles. The van der Waals surface area contributed by atoms with Crippen molar-refractivity contribution in [2.24, 2.45) is 17.8 Å². The minimum Gasteiger partial charge on any atom is -0.481 e. The van der Waals surface area contributed by atoms with Gasteiger partial charge >= 0.3 is 12.1 Å². The lowest BCUT2D eigenvalue weighted by Crippen LogP contribution is -2.51. The van der Waals surface area contributed by atoms with E-state index in [0.29, 0.717) is 6.54 Å². The molecule has 0 heterocycles. The highest BCUT2D eigenvalue weighted by Gasteiger charge is 2.33. The molecule has 2 aromatic rings. The van der Waals surface area contributed by atoms with Crippen molar-refractivity contribution in [2.45, 2.75) is 45.1 Å². The summed E-state index contributed by atoms with van der Waals surface area (Å²) < 4.78 is 5.59.